The molecular weight excluding hydrogens is 308 g/mol. The smallest absolute Gasteiger partial charge is 0.0537 e. The van der Waals surface area contributed by atoms with Crippen molar-refractivity contribution >= 4 is 6.08 Å². The molecule has 2 aromatic rings. The molecule has 1 fully saturated rings. The van der Waals surface area contributed by atoms with Gasteiger partial charge in [0, 0.05) is 57.1 Å². The molecule has 3 rings (SSSR count). The minimum atomic E-state index is 1.02. The zero-order chi connectivity index (χ0) is 17.5. The minimum absolute atomic E-state index is 1.02. The van der Waals surface area contributed by atoms with Crippen molar-refractivity contribution in [3.05, 3.63) is 59.4 Å². The standard InChI is InChI=1S/C21H30N4/c1-3-11-25-19(2)21(17-22-25)18-24-15-13-23(14-16-24)12-7-10-20-8-5-4-6-9-20/h4-10,17H,3,11-16,18H2,1-2H3/b10-7+. The highest BCUT2D eigenvalue weighted by atomic mass is 15.3. The Kier molecular flexibility index (Phi) is 6.42. The third-order valence-electron chi connectivity index (χ3n) is 4.97. The van der Waals surface area contributed by atoms with E-state index < -0.39 is 0 Å². The van der Waals surface area contributed by atoms with Crippen LogP contribution in [0.15, 0.2) is 42.6 Å². The van der Waals surface area contributed by atoms with Crippen molar-refractivity contribution in [2.24, 2.45) is 0 Å². The van der Waals surface area contributed by atoms with Crippen LogP contribution < -0.4 is 0 Å². The molecule has 1 aliphatic heterocycles. The molecule has 0 spiro atoms. The number of aryl methyl sites for hydroxylation is 1. The molecule has 0 N–H and O–H groups in total. The minimum Gasteiger partial charge on any atom is -0.297 e. The Morgan fingerprint density at radius 1 is 1.04 bits per heavy atom. The van der Waals surface area contributed by atoms with Crippen LogP contribution in [-0.2, 0) is 13.1 Å². The second kappa shape index (κ2) is 8.97. The first-order chi connectivity index (χ1) is 12.3. The summed E-state index contributed by atoms with van der Waals surface area (Å²) in [5, 5.41) is 4.53. The maximum absolute atomic E-state index is 4.53. The first kappa shape index (κ1) is 17.9. The largest absolute Gasteiger partial charge is 0.297 e. The number of rotatable bonds is 7. The summed E-state index contributed by atoms with van der Waals surface area (Å²) < 4.78 is 2.14. The van der Waals surface area contributed by atoms with Crippen LogP contribution in [-0.4, -0.2) is 52.3 Å². The van der Waals surface area contributed by atoms with Crippen molar-refractivity contribution in [2.75, 3.05) is 32.7 Å². The van der Waals surface area contributed by atoms with Crippen LogP contribution >= 0.6 is 0 Å². The van der Waals surface area contributed by atoms with Crippen molar-refractivity contribution in [1.82, 2.24) is 19.6 Å². The van der Waals surface area contributed by atoms with Crippen molar-refractivity contribution in [3.63, 3.8) is 0 Å². The molecule has 0 aliphatic carbocycles. The molecule has 25 heavy (non-hydrogen) atoms. The summed E-state index contributed by atoms with van der Waals surface area (Å²) in [6.45, 7) is 12.0. The molecule has 0 radical (unpaired) electrons. The molecule has 0 saturated carbocycles. The van der Waals surface area contributed by atoms with Crippen molar-refractivity contribution in [2.45, 2.75) is 33.4 Å². The Morgan fingerprint density at radius 2 is 1.76 bits per heavy atom. The molecular formula is C21H30N4. The lowest BCUT2D eigenvalue weighted by Gasteiger charge is -2.34. The second-order valence-electron chi connectivity index (χ2n) is 6.87. The lowest BCUT2D eigenvalue weighted by atomic mass is 10.2. The third-order valence-corrected chi connectivity index (χ3v) is 4.97. The fourth-order valence-corrected chi connectivity index (χ4v) is 3.35. The molecule has 1 aromatic carbocycles. The summed E-state index contributed by atoms with van der Waals surface area (Å²) in [5.74, 6) is 0. The van der Waals surface area contributed by atoms with Crippen LogP contribution in [0.2, 0.25) is 0 Å². The molecule has 1 aromatic heterocycles. The van der Waals surface area contributed by atoms with Gasteiger partial charge in [-0.15, -0.1) is 0 Å². The molecule has 0 atom stereocenters. The van der Waals surface area contributed by atoms with E-state index in [0.29, 0.717) is 0 Å². The highest BCUT2D eigenvalue weighted by Gasteiger charge is 2.17. The Hall–Kier alpha value is -1.91. The third kappa shape index (κ3) is 5.03. The van der Waals surface area contributed by atoms with Crippen molar-refractivity contribution in [3.8, 4) is 0 Å². The normalized spacial score (nSPS) is 16.7. The first-order valence-corrected chi connectivity index (χ1v) is 9.44. The van der Waals surface area contributed by atoms with E-state index in [1.807, 2.05) is 0 Å². The van der Waals surface area contributed by atoms with Crippen LogP contribution in [0.25, 0.3) is 6.08 Å². The Labute approximate surface area is 151 Å². The van der Waals surface area contributed by atoms with Crippen LogP contribution in [0.3, 0.4) is 0 Å². The number of nitrogens with zero attached hydrogens (tertiary/aromatic N) is 4. The van der Waals surface area contributed by atoms with Gasteiger partial charge >= 0.3 is 0 Å². The number of piperazine rings is 1. The molecule has 0 amide bonds. The average Bonchev–Trinajstić information content (AvgIpc) is 2.98. The topological polar surface area (TPSA) is 24.3 Å². The van der Waals surface area contributed by atoms with Gasteiger partial charge in [0.25, 0.3) is 0 Å². The zero-order valence-electron chi connectivity index (χ0n) is 15.6. The van der Waals surface area contributed by atoms with Gasteiger partial charge in [0.05, 0.1) is 6.20 Å². The highest BCUT2D eigenvalue weighted by molar-refractivity contribution is 5.48. The Morgan fingerprint density at radius 3 is 2.48 bits per heavy atom. The lowest BCUT2D eigenvalue weighted by molar-refractivity contribution is 0.137. The second-order valence-corrected chi connectivity index (χ2v) is 6.87. The van der Waals surface area contributed by atoms with E-state index in [1.54, 1.807) is 0 Å². The maximum Gasteiger partial charge on any atom is 0.0537 e. The monoisotopic (exact) mass is 338 g/mol. The van der Waals surface area contributed by atoms with Crippen molar-refractivity contribution in [1.29, 1.82) is 0 Å². The molecule has 4 nitrogen and oxygen atoms in total. The van der Waals surface area contributed by atoms with E-state index in [0.717, 1.165) is 52.2 Å². The summed E-state index contributed by atoms with van der Waals surface area (Å²) in [5.41, 5.74) is 3.99. The fraction of sp³-hybridized carbons (Fsp3) is 0.476. The number of aromatic nitrogens is 2. The molecule has 0 unspecified atom stereocenters. The highest BCUT2D eigenvalue weighted by Crippen LogP contribution is 2.13. The van der Waals surface area contributed by atoms with Gasteiger partial charge in [0.15, 0.2) is 0 Å². The molecule has 0 bridgehead atoms. The van der Waals surface area contributed by atoms with E-state index in [1.165, 1.54) is 16.8 Å². The summed E-state index contributed by atoms with van der Waals surface area (Å²) in [4.78, 5) is 5.08. The van der Waals surface area contributed by atoms with E-state index in [9.17, 15) is 0 Å². The molecule has 134 valence electrons. The quantitative estimate of drug-likeness (QED) is 0.773. The van der Waals surface area contributed by atoms with Gasteiger partial charge in [-0.2, -0.15) is 5.10 Å². The van der Waals surface area contributed by atoms with Gasteiger partial charge < -0.3 is 0 Å². The summed E-state index contributed by atoms with van der Waals surface area (Å²) in [7, 11) is 0. The van der Waals surface area contributed by atoms with Gasteiger partial charge in [-0.1, -0.05) is 49.4 Å². The molecule has 2 heterocycles. The predicted octanol–water partition coefficient (Wildman–Crippen LogP) is 3.43. The SMILES string of the molecule is CCCn1ncc(CN2CCN(C/C=C/c3ccccc3)CC2)c1C. The first-order valence-electron chi connectivity index (χ1n) is 9.44. The lowest BCUT2D eigenvalue weighted by Crippen LogP contribution is -2.45. The predicted molar refractivity (Wildman–Crippen MR) is 104 cm³/mol. The number of hydrogen-bond acceptors (Lipinski definition) is 3. The van der Waals surface area contributed by atoms with E-state index in [2.05, 4.69) is 82.1 Å². The fourth-order valence-electron chi connectivity index (χ4n) is 3.35. The van der Waals surface area contributed by atoms with E-state index >= 15 is 0 Å². The van der Waals surface area contributed by atoms with Gasteiger partial charge in [-0.25, -0.2) is 0 Å². The van der Waals surface area contributed by atoms with E-state index in [-0.39, 0.29) is 0 Å². The molecule has 1 aliphatic rings. The van der Waals surface area contributed by atoms with Gasteiger partial charge in [0.2, 0.25) is 0 Å². The summed E-state index contributed by atoms with van der Waals surface area (Å²) in [6, 6.07) is 10.5. The van der Waals surface area contributed by atoms with Crippen LogP contribution in [0.5, 0.6) is 0 Å². The Balaban J connectivity index is 1.43. The van der Waals surface area contributed by atoms with Crippen LogP contribution in [0.1, 0.15) is 30.2 Å². The maximum atomic E-state index is 4.53. The van der Waals surface area contributed by atoms with Gasteiger partial charge in [0.1, 0.15) is 0 Å². The molecule has 4 heteroatoms. The van der Waals surface area contributed by atoms with Gasteiger partial charge in [-0.3, -0.25) is 14.5 Å². The summed E-state index contributed by atoms with van der Waals surface area (Å²) >= 11 is 0. The average molecular weight is 338 g/mol. The number of hydrogen-bond donors (Lipinski definition) is 0. The van der Waals surface area contributed by atoms with Crippen molar-refractivity contribution < 1.29 is 0 Å². The number of benzene rings is 1. The van der Waals surface area contributed by atoms with Gasteiger partial charge in [-0.05, 0) is 18.9 Å². The zero-order valence-corrected chi connectivity index (χ0v) is 15.6. The molecule has 1 saturated heterocycles. The summed E-state index contributed by atoms with van der Waals surface area (Å²) in [6.07, 6.45) is 7.69. The van der Waals surface area contributed by atoms with Crippen LogP contribution in [0, 0.1) is 6.92 Å². The Bertz CT molecular complexity index is 666. The van der Waals surface area contributed by atoms with E-state index in [4.69, 9.17) is 0 Å². The van der Waals surface area contributed by atoms with Crippen LogP contribution in [0.4, 0.5) is 0 Å².